The number of fused-ring (bicyclic) bond motifs is 1. The van der Waals surface area contributed by atoms with E-state index in [0.717, 1.165) is 16.8 Å². The van der Waals surface area contributed by atoms with Crippen LogP contribution in [0, 0.1) is 25.5 Å². The molecule has 0 unspecified atom stereocenters. The van der Waals surface area contributed by atoms with Gasteiger partial charge >= 0.3 is 6.18 Å². The number of amides is 1. The van der Waals surface area contributed by atoms with Crippen molar-refractivity contribution in [3.05, 3.63) is 77.0 Å². The zero-order valence-electron chi connectivity index (χ0n) is 19.1. The van der Waals surface area contributed by atoms with Gasteiger partial charge in [0.1, 0.15) is 37.3 Å². The van der Waals surface area contributed by atoms with E-state index in [1.54, 1.807) is 26.1 Å². The number of imidazole rings is 1. The number of ether oxygens (including phenoxy) is 2. The highest BCUT2D eigenvalue weighted by molar-refractivity contribution is 6.04. The van der Waals surface area contributed by atoms with Crippen LogP contribution in [0.5, 0.6) is 5.75 Å². The lowest BCUT2D eigenvalue weighted by Gasteiger charge is -2.11. The van der Waals surface area contributed by atoms with Crippen molar-refractivity contribution in [2.24, 2.45) is 0 Å². The average molecular weight is 509 g/mol. The van der Waals surface area contributed by atoms with Crippen LogP contribution in [0.3, 0.4) is 0 Å². The van der Waals surface area contributed by atoms with Gasteiger partial charge in [-0.05, 0) is 37.6 Å². The minimum absolute atomic E-state index is 0.164. The number of nitrogens with one attached hydrogen (secondary N) is 1. The van der Waals surface area contributed by atoms with E-state index in [9.17, 15) is 26.7 Å². The number of pyridine rings is 1. The molecule has 13 heteroatoms. The van der Waals surface area contributed by atoms with Crippen molar-refractivity contribution in [2.45, 2.75) is 33.4 Å². The third-order valence-corrected chi connectivity index (χ3v) is 5.03. The second-order valence-electron chi connectivity index (χ2n) is 7.93. The van der Waals surface area contributed by atoms with Gasteiger partial charge < -0.3 is 14.8 Å². The number of rotatable bonds is 8. The summed E-state index contributed by atoms with van der Waals surface area (Å²) in [6, 6.07) is 5.13. The van der Waals surface area contributed by atoms with E-state index in [0.29, 0.717) is 11.3 Å². The molecule has 4 rings (SSSR count). The maximum atomic E-state index is 14.0. The number of hydrogen-bond acceptors (Lipinski definition) is 5. The number of alkyl halides is 3. The van der Waals surface area contributed by atoms with Crippen LogP contribution in [0.1, 0.15) is 27.3 Å². The average Bonchev–Trinajstić information content (AvgIpc) is 3.35. The lowest BCUT2D eigenvalue weighted by molar-refractivity contribution is -0.182. The maximum absolute atomic E-state index is 14.0. The summed E-state index contributed by atoms with van der Waals surface area (Å²) >= 11 is 0. The molecule has 0 saturated heterocycles. The summed E-state index contributed by atoms with van der Waals surface area (Å²) in [6.45, 7) is 1.08. The third-order valence-electron chi connectivity index (χ3n) is 5.03. The number of aryl methyl sites for hydroxylation is 2. The molecule has 1 amide bonds. The zero-order valence-corrected chi connectivity index (χ0v) is 19.1. The van der Waals surface area contributed by atoms with Crippen molar-refractivity contribution in [1.29, 1.82) is 0 Å². The molecule has 8 nitrogen and oxygen atoms in total. The molecule has 1 N–H and O–H groups in total. The van der Waals surface area contributed by atoms with Gasteiger partial charge in [0.15, 0.2) is 11.4 Å². The van der Waals surface area contributed by atoms with Crippen molar-refractivity contribution < 1.29 is 36.2 Å². The monoisotopic (exact) mass is 509 g/mol. The molecule has 1 aromatic carbocycles. The number of aromatic nitrogens is 4. The van der Waals surface area contributed by atoms with Crippen LogP contribution in [0.4, 0.5) is 27.6 Å². The highest BCUT2D eigenvalue weighted by Gasteiger charge is 2.27. The van der Waals surface area contributed by atoms with Crippen molar-refractivity contribution in [3.8, 4) is 5.75 Å². The number of nitrogens with zero attached hydrogens (tertiary/aromatic N) is 4. The van der Waals surface area contributed by atoms with Crippen LogP contribution in [0.15, 0.2) is 42.9 Å². The minimum Gasteiger partial charge on any atom is -0.485 e. The fraction of sp³-hybridized carbons (Fsp3) is 0.261. The summed E-state index contributed by atoms with van der Waals surface area (Å²) in [5.74, 6) is -1.84. The van der Waals surface area contributed by atoms with Gasteiger partial charge in [0.25, 0.3) is 5.91 Å². The van der Waals surface area contributed by atoms with E-state index in [-0.39, 0.29) is 34.9 Å². The van der Waals surface area contributed by atoms with Gasteiger partial charge in [-0.3, -0.25) is 9.20 Å². The van der Waals surface area contributed by atoms with Gasteiger partial charge in [0, 0.05) is 6.20 Å². The summed E-state index contributed by atoms with van der Waals surface area (Å²) in [7, 11) is 0. The number of carbonyl (C=O) groups is 1. The number of halogens is 5. The van der Waals surface area contributed by atoms with Crippen LogP contribution in [-0.4, -0.2) is 37.9 Å². The molecule has 36 heavy (non-hydrogen) atoms. The Bertz CT molecular complexity index is 1390. The van der Waals surface area contributed by atoms with Gasteiger partial charge in [-0.1, -0.05) is 6.07 Å². The molecule has 0 radical (unpaired) electrons. The van der Waals surface area contributed by atoms with Crippen molar-refractivity contribution in [2.75, 3.05) is 11.9 Å². The molecule has 0 spiro atoms. The van der Waals surface area contributed by atoms with Crippen molar-refractivity contribution in [1.82, 2.24) is 19.2 Å². The van der Waals surface area contributed by atoms with Gasteiger partial charge in [0.05, 0.1) is 29.3 Å². The summed E-state index contributed by atoms with van der Waals surface area (Å²) in [6.07, 6.45) is -0.240. The predicted octanol–water partition coefficient (Wildman–Crippen LogP) is 4.79. The maximum Gasteiger partial charge on any atom is 0.411 e. The summed E-state index contributed by atoms with van der Waals surface area (Å²) in [5.41, 5.74) is 1.44. The molecule has 0 bridgehead atoms. The molecule has 0 aliphatic heterocycles. The molecule has 190 valence electrons. The first-order chi connectivity index (χ1) is 17.0. The molecule has 0 saturated carbocycles. The van der Waals surface area contributed by atoms with Crippen LogP contribution in [0.2, 0.25) is 0 Å². The largest absolute Gasteiger partial charge is 0.485 e. The Morgan fingerprint density at radius 1 is 1.14 bits per heavy atom. The number of carbonyl (C=O) groups excluding carboxylic acids is 1. The quantitative estimate of drug-likeness (QED) is 0.346. The summed E-state index contributed by atoms with van der Waals surface area (Å²) < 4.78 is 77.5. The Morgan fingerprint density at radius 3 is 2.56 bits per heavy atom. The number of anilines is 1. The highest BCUT2D eigenvalue weighted by atomic mass is 19.4. The van der Waals surface area contributed by atoms with E-state index in [2.05, 4.69) is 20.1 Å². The summed E-state index contributed by atoms with van der Waals surface area (Å²) in [4.78, 5) is 17.4. The van der Waals surface area contributed by atoms with Crippen LogP contribution < -0.4 is 10.1 Å². The van der Waals surface area contributed by atoms with Gasteiger partial charge in [-0.2, -0.15) is 18.3 Å². The Kier molecular flexibility index (Phi) is 6.93. The van der Waals surface area contributed by atoms with Gasteiger partial charge in [-0.15, -0.1) is 0 Å². The fourth-order valence-electron chi connectivity index (χ4n) is 3.50. The Labute approximate surface area is 201 Å². The SMILES string of the molecule is Cc1cc(OCc2c(F)cccc2F)c2nc(C)c(C(=O)Nc3cnn(COCC(F)(F)F)c3)n2c1. The molecular formula is C23H20F5N5O3. The van der Waals surface area contributed by atoms with Gasteiger partial charge in [0.2, 0.25) is 0 Å². The Balaban J connectivity index is 1.53. The van der Waals surface area contributed by atoms with Gasteiger partial charge in [-0.25, -0.2) is 18.4 Å². The molecule has 0 atom stereocenters. The molecule has 0 aliphatic carbocycles. The van der Waals surface area contributed by atoms with Crippen LogP contribution in [-0.2, 0) is 18.1 Å². The molecular weight excluding hydrogens is 489 g/mol. The highest BCUT2D eigenvalue weighted by Crippen LogP contribution is 2.26. The lowest BCUT2D eigenvalue weighted by Crippen LogP contribution is -2.18. The second kappa shape index (κ2) is 9.93. The molecule has 0 fully saturated rings. The third kappa shape index (κ3) is 5.62. The van der Waals surface area contributed by atoms with Crippen molar-refractivity contribution >= 4 is 17.2 Å². The second-order valence-corrected chi connectivity index (χ2v) is 7.93. The Hall–Kier alpha value is -4.00. The summed E-state index contributed by atoms with van der Waals surface area (Å²) in [5, 5.41) is 6.47. The first-order valence-corrected chi connectivity index (χ1v) is 10.5. The first-order valence-electron chi connectivity index (χ1n) is 10.5. The van der Waals surface area contributed by atoms with Crippen LogP contribution in [0.25, 0.3) is 5.65 Å². The smallest absolute Gasteiger partial charge is 0.411 e. The fourth-order valence-corrected chi connectivity index (χ4v) is 3.50. The molecule has 3 heterocycles. The zero-order chi connectivity index (χ0) is 26.0. The number of benzene rings is 1. The number of hydrogen-bond donors (Lipinski definition) is 1. The van der Waals surface area contributed by atoms with E-state index in [4.69, 9.17) is 4.74 Å². The molecule has 3 aromatic heterocycles. The minimum atomic E-state index is -4.46. The van der Waals surface area contributed by atoms with E-state index < -0.39 is 37.1 Å². The lowest BCUT2D eigenvalue weighted by atomic mass is 10.2. The molecule has 4 aromatic rings. The van der Waals surface area contributed by atoms with E-state index >= 15 is 0 Å². The molecule has 0 aliphatic rings. The van der Waals surface area contributed by atoms with Crippen LogP contribution >= 0.6 is 0 Å². The Morgan fingerprint density at radius 2 is 1.86 bits per heavy atom. The normalized spacial score (nSPS) is 11.8. The van der Waals surface area contributed by atoms with Crippen molar-refractivity contribution in [3.63, 3.8) is 0 Å². The predicted molar refractivity (Wildman–Crippen MR) is 118 cm³/mol. The standard InChI is InChI=1S/C23H20F5N5O3/c1-13-6-19(36-10-16-17(24)4-3-5-18(16)25)21-30-14(2)20(33(21)8-13)22(34)31-15-7-29-32(9-15)12-35-11-23(26,27)28/h3-9H,10-12H2,1-2H3,(H,31,34). The van der Waals surface area contributed by atoms with E-state index in [1.165, 1.54) is 22.9 Å². The van der Waals surface area contributed by atoms with E-state index in [1.807, 2.05) is 0 Å². The first kappa shape index (κ1) is 25.1. The topological polar surface area (TPSA) is 82.7 Å².